The van der Waals surface area contributed by atoms with Crippen LogP contribution in [0.1, 0.15) is 45.4 Å². The van der Waals surface area contributed by atoms with E-state index in [1.165, 1.54) is 5.56 Å². The van der Waals surface area contributed by atoms with Crippen LogP contribution in [0.15, 0.2) is 24.3 Å². The van der Waals surface area contributed by atoms with E-state index in [0.29, 0.717) is 0 Å². The second-order valence-corrected chi connectivity index (χ2v) is 4.71. The van der Waals surface area contributed by atoms with E-state index in [4.69, 9.17) is 0 Å². The van der Waals surface area contributed by atoms with Gasteiger partial charge in [0.25, 0.3) is 0 Å². The van der Waals surface area contributed by atoms with Gasteiger partial charge in [-0.25, -0.2) is 0 Å². The van der Waals surface area contributed by atoms with Gasteiger partial charge in [-0.3, -0.25) is 4.79 Å². The molecule has 2 rings (SSSR count). The van der Waals surface area contributed by atoms with Crippen LogP contribution in [-0.4, -0.2) is 10.8 Å². The second-order valence-electron chi connectivity index (χ2n) is 4.71. The van der Waals surface area contributed by atoms with E-state index in [-0.39, 0.29) is 5.78 Å². The number of aromatic amines is 1. The van der Waals surface area contributed by atoms with Crippen LogP contribution in [0.5, 0.6) is 0 Å². The number of hydrogen-bond donors (Lipinski definition) is 1. The van der Waals surface area contributed by atoms with Crippen molar-refractivity contribution in [3.63, 3.8) is 0 Å². The summed E-state index contributed by atoms with van der Waals surface area (Å²) in [5.74, 6) is 0.0983. The molecule has 1 aromatic carbocycles. The molecule has 94 valence electrons. The fraction of sp³-hybridized carbons (Fsp3) is 0.312. The predicted octanol–water partition coefficient (Wildman–Crippen LogP) is 3.73. The molecular weight excluding hydrogens is 222 g/mol. The number of benzene rings is 1. The molecule has 0 aliphatic rings. The summed E-state index contributed by atoms with van der Waals surface area (Å²) in [6.45, 7) is 8.12. The molecule has 18 heavy (non-hydrogen) atoms. The van der Waals surface area contributed by atoms with Crippen molar-refractivity contribution >= 4 is 5.78 Å². The summed E-state index contributed by atoms with van der Waals surface area (Å²) in [5.41, 5.74) is 5.95. The summed E-state index contributed by atoms with van der Waals surface area (Å²) >= 11 is 0. The lowest BCUT2D eigenvalue weighted by Crippen LogP contribution is -2.07. The minimum absolute atomic E-state index is 0.0983. The first kappa shape index (κ1) is 12.6. The molecule has 0 aliphatic carbocycles. The molecule has 0 saturated heterocycles. The molecule has 0 amide bonds. The Morgan fingerprint density at radius 2 is 1.78 bits per heavy atom. The Morgan fingerprint density at radius 1 is 1.11 bits per heavy atom. The van der Waals surface area contributed by atoms with Crippen molar-refractivity contribution in [1.29, 1.82) is 0 Å². The predicted molar refractivity (Wildman–Crippen MR) is 74.3 cm³/mol. The van der Waals surface area contributed by atoms with Gasteiger partial charge in [0.15, 0.2) is 0 Å². The Balaban J connectivity index is 2.51. The molecule has 0 atom stereocenters. The highest BCUT2D eigenvalue weighted by Crippen LogP contribution is 2.21. The number of rotatable bonds is 3. The average molecular weight is 241 g/mol. The maximum atomic E-state index is 12.6. The molecule has 1 heterocycles. The van der Waals surface area contributed by atoms with E-state index in [0.717, 1.165) is 34.5 Å². The van der Waals surface area contributed by atoms with Crippen LogP contribution < -0.4 is 0 Å². The molecular formula is C16H19NO. The molecule has 0 aliphatic heterocycles. The number of aromatic nitrogens is 1. The van der Waals surface area contributed by atoms with Gasteiger partial charge in [0, 0.05) is 11.3 Å². The number of carbonyl (C=O) groups excluding carboxylic acids is 1. The lowest BCUT2D eigenvalue weighted by Gasteiger charge is -2.06. The normalized spacial score (nSPS) is 10.7. The minimum atomic E-state index is 0.0983. The van der Waals surface area contributed by atoms with Crippen LogP contribution >= 0.6 is 0 Å². The van der Waals surface area contributed by atoms with Crippen molar-refractivity contribution in [3.8, 4) is 0 Å². The summed E-state index contributed by atoms with van der Waals surface area (Å²) in [5, 5.41) is 0. The van der Waals surface area contributed by atoms with Crippen molar-refractivity contribution in [3.05, 3.63) is 57.9 Å². The first-order valence-corrected chi connectivity index (χ1v) is 6.34. The monoisotopic (exact) mass is 241 g/mol. The first-order chi connectivity index (χ1) is 8.56. The minimum Gasteiger partial charge on any atom is -0.356 e. The summed E-state index contributed by atoms with van der Waals surface area (Å²) in [7, 11) is 0. The van der Waals surface area contributed by atoms with Crippen molar-refractivity contribution in [2.24, 2.45) is 0 Å². The molecule has 1 N–H and O–H groups in total. The largest absolute Gasteiger partial charge is 0.356 e. The zero-order valence-electron chi connectivity index (χ0n) is 11.4. The third-order valence-electron chi connectivity index (χ3n) is 3.68. The Bertz CT molecular complexity index is 593. The van der Waals surface area contributed by atoms with Gasteiger partial charge >= 0.3 is 0 Å². The number of H-pyrrole nitrogens is 1. The van der Waals surface area contributed by atoms with Crippen LogP contribution in [0.3, 0.4) is 0 Å². The Morgan fingerprint density at radius 3 is 2.33 bits per heavy atom. The standard InChI is InChI=1S/C16H19NO/c1-5-13-8-6-7-9-14(13)16(18)15-11(3)10(2)12(4)17-15/h6-9,17H,5H2,1-4H3. The number of ketones is 1. The first-order valence-electron chi connectivity index (χ1n) is 6.34. The van der Waals surface area contributed by atoms with E-state index in [1.807, 2.05) is 45.0 Å². The number of hydrogen-bond acceptors (Lipinski definition) is 1. The van der Waals surface area contributed by atoms with Crippen LogP contribution in [0, 0.1) is 20.8 Å². The maximum Gasteiger partial charge on any atom is 0.209 e. The average Bonchev–Trinajstić information content (AvgIpc) is 2.65. The van der Waals surface area contributed by atoms with Crippen LogP contribution in [0.25, 0.3) is 0 Å². The summed E-state index contributed by atoms with van der Waals surface area (Å²) in [6, 6.07) is 7.83. The van der Waals surface area contributed by atoms with Crippen LogP contribution in [-0.2, 0) is 6.42 Å². The Labute approximate surface area is 108 Å². The lowest BCUT2D eigenvalue weighted by atomic mass is 9.98. The van der Waals surface area contributed by atoms with Crippen LogP contribution in [0.2, 0.25) is 0 Å². The van der Waals surface area contributed by atoms with Gasteiger partial charge in [0.05, 0.1) is 5.69 Å². The highest BCUT2D eigenvalue weighted by molar-refractivity contribution is 6.09. The smallest absolute Gasteiger partial charge is 0.209 e. The van der Waals surface area contributed by atoms with Crippen molar-refractivity contribution in [2.45, 2.75) is 34.1 Å². The Kier molecular flexibility index (Phi) is 3.37. The van der Waals surface area contributed by atoms with Gasteiger partial charge in [-0.1, -0.05) is 31.2 Å². The van der Waals surface area contributed by atoms with Crippen molar-refractivity contribution < 1.29 is 4.79 Å². The van der Waals surface area contributed by atoms with E-state index in [1.54, 1.807) is 0 Å². The van der Waals surface area contributed by atoms with E-state index in [9.17, 15) is 4.79 Å². The highest BCUT2D eigenvalue weighted by Gasteiger charge is 2.18. The topological polar surface area (TPSA) is 32.9 Å². The molecule has 0 unspecified atom stereocenters. The molecule has 1 aromatic heterocycles. The number of carbonyl (C=O) groups is 1. The summed E-state index contributed by atoms with van der Waals surface area (Å²) < 4.78 is 0. The SMILES string of the molecule is CCc1ccccc1C(=O)c1[nH]c(C)c(C)c1C. The molecule has 2 heteroatoms. The molecule has 0 fully saturated rings. The van der Waals surface area contributed by atoms with Gasteiger partial charge in [-0.05, 0) is 43.9 Å². The lowest BCUT2D eigenvalue weighted by molar-refractivity contribution is 0.103. The van der Waals surface area contributed by atoms with Crippen molar-refractivity contribution in [1.82, 2.24) is 4.98 Å². The van der Waals surface area contributed by atoms with Gasteiger partial charge in [0.2, 0.25) is 5.78 Å². The number of nitrogens with one attached hydrogen (secondary N) is 1. The summed E-state index contributed by atoms with van der Waals surface area (Å²) in [4.78, 5) is 15.8. The van der Waals surface area contributed by atoms with Gasteiger partial charge < -0.3 is 4.98 Å². The molecule has 0 spiro atoms. The quantitative estimate of drug-likeness (QED) is 0.816. The van der Waals surface area contributed by atoms with E-state index in [2.05, 4.69) is 11.9 Å². The zero-order chi connectivity index (χ0) is 13.3. The van der Waals surface area contributed by atoms with Gasteiger partial charge in [-0.15, -0.1) is 0 Å². The highest BCUT2D eigenvalue weighted by atomic mass is 16.1. The molecule has 0 bridgehead atoms. The maximum absolute atomic E-state index is 12.6. The fourth-order valence-electron chi connectivity index (χ4n) is 2.26. The molecule has 0 saturated carbocycles. The molecule has 2 aromatic rings. The third-order valence-corrected chi connectivity index (χ3v) is 3.68. The number of aryl methyl sites for hydroxylation is 2. The second kappa shape index (κ2) is 4.81. The van der Waals surface area contributed by atoms with Crippen molar-refractivity contribution in [2.75, 3.05) is 0 Å². The van der Waals surface area contributed by atoms with E-state index < -0.39 is 0 Å². The molecule has 2 nitrogen and oxygen atoms in total. The van der Waals surface area contributed by atoms with Gasteiger partial charge in [0.1, 0.15) is 0 Å². The van der Waals surface area contributed by atoms with E-state index >= 15 is 0 Å². The zero-order valence-corrected chi connectivity index (χ0v) is 11.4. The van der Waals surface area contributed by atoms with Gasteiger partial charge in [-0.2, -0.15) is 0 Å². The summed E-state index contributed by atoms with van der Waals surface area (Å²) in [6.07, 6.45) is 0.875. The third kappa shape index (κ3) is 1.99. The molecule has 0 radical (unpaired) electrons. The fourth-order valence-corrected chi connectivity index (χ4v) is 2.26. The van der Waals surface area contributed by atoms with Crippen LogP contribution in [0.4, 0.5) is 0 Å². The Hall–Kier alpha value is -1.83.